The highest BCUT2D eigenvalue weighted by Crippen LogP contribution is 2.17. The van der Waals surface area contributed by atoms with Crippen molar-refractivity contribution in [3.05, 3.63) is 34.3 Å². The van der Waals surface area contributed by atoms with Crippen LogP contribution >= 0.6 is 0 Å². The number of nitrogens with zero attached hydrogens (tertiary/aromatic N) is 4. The van der Waals surface area contributed by atoms with Crippen molar-refractivity contribution in [2.45, 2.75) is 0 Å². The van der Waals surface area contributed by atoms with Gasteiger partial charge in [-0.15, -0.1) is 0 Å². The molecular weight excluding hydrogens is 348 g/mol. The molecule has 0 radical (unpaired) electrons. The van der Waals surface area contributed by atoms with Crippen molar-refractivity contribution in [1.29, 1.82) is 0 Å². The molecule has 1 aromatic heterocycles. The lowest BCUT2D eigenvalue weighted by atomic mass is 10.1. The Balaban J connectivity index is 1.76. The molecule has 0 unspecified atom stereocenters. The first kappa shape index (κ1) is 17.6. The average molecular weight is 368 g/mol. The summed E-state index contributed by atoms with van der Waals surface area (Å²) in [7, 11) is 1.09. The van der Waals surface area contributed by atoms with Gasteiger partial charge in [0.05, 0.1) is 5.52 Å². The van der Waals surface area contributed by atoms with Crippen molar-refractivity contribution in [2.24, 2.45) is 7.05 Å². The zero-order valence-electron chi connectivity index (χ0n) is 14.3. The maximum absolute atomic E-state index is 12.6. The van der Waals surface area contributed by atoms with Crippen molar-refractivity contribution in [2.75, 3.05) is 40.3 Å². The SMILES string of the molecule is CN(C)S(=O)(=O)N1CCN(C(=O)c2ccc3c(c2)oc(=O)n3C)CC1. The summed E-state index contributed by atoms with van der Waals surface area (Å²) in [5.74, 6) is -0.697. The number of carbonyl (C=O) groups excluding carboxylic acids is 1. The molecule has 3 rings (SSSR count). The van der Waals surface area contributed by atoms with Gasteiger partial charge in [-0.3, -0.25) is 9.36 Å². The molecule has 1 aliphatic heterocycles. The Labute approximate surface area is 145 Å². The quantitative estimate of drug-likeness (QED) is 0.741. The molecule has 9 nitrogen and oxygen atoms in total. The average Bonchev–Trinajstić information content (AvgIpc) is 2.88. The molecule has 25 heavy (non-hydrogen) atoms. The molecule has 0 aliphatic carbocycles. The second-order valence-electron chi connectivity index (χ2n) is 6.09. The van der Waals surface area contributed by atoms with Gasteiger partial charge in [0.15, 0.2) is 5.58 Å². The van der Waals surface area contributed by atoms with Gasteiger partial charge >= 0.3 is 5.76 Å². The second kappa shape index (κ2) is 6.28. The molecule has 1 fully saturated rings. The van der Waals surface area contributed by atoms with E-state index in [1.807, 2.05) is 0 Å². The van der Waals surface area contributed by atoms with Crippen LogP contribution in [0.25, 0.3) is 11.1 Å². The van der Waals surface area contributed by atoms with Gasteiger partial charge in [0.25, 0.3) is 16.1 Å². The number of hydrogen-bond donors (Lipinski definition) is 0. The Morgan fingerprint density at radius 2 is 1.80 bits per heavy atom. The number of carbonyl (C=O) groups is 1. The minimum Gasteiger partial charge on any atom is -0.408 e. The number of piperazine rings is 1. The highest BCUT2D eigenvalue weighted by molar-refractivity contribution is 7.86. The number of amides is 1. The van der Waals surface area contributed by atoms with Gasteiger partial charge < -0.3 is 9.32 Å². The Morgan fingerprint density at radius 1 is 1.16 bits per heavy atom. The number of benzene rings is 1. The third-order valence-electron chi connectivity index (χ3n) is 4.35. The molecule has 1 saturated heterocycles. The van der Waals surface area contributed by atoms with E-state index in [0.717, 1.165) is 4.31 Å². The summed E-state index contributed by atoms with van der Waals surface area (Å²) < 4.78 is 33.2. The van der Waals surface area contributed by atoms with Gasteiger partial charge in [0, 0.05) is 52.9 Å². The molecule has 10 heteroatoms. The molecule has 0 saturated carbocycles. The Morgan fingerprint density at radius 3 is 2.40 bits per heavy atom. The predicted molar refractivity (Wildman–Crippen MR) is 91.5 cm³/mol. The topological polar surface area (TPSA) is 96.1 Å². The number of fused-ring (bicyclic) bond motifs is 1. The molecule has 1 aromatic carbocycles. The minimum absolute atomic E-state index is 0.213. The van der Waals surface area contributed by atoms with Gasteiger partial charge in [0.2, 0.25) is 0 Å². The molecule has 2 heterocycles. The van der Waals surface area contributed by atoms with Crippen LogP contribution in [0.5, 0.6) is 0 Å². The summed E-state index contributed by atoms with van der Waals surface area (Å²) in [5.41, 5.74) is 1.38. The smallest absolute Gasteiger partial charge is 0.408 e. The van der Waals surface area contributed by atoms with Gasteiger partial charge in [-0.25, -0.2) is 4.79 Å². The zero-order chi connectivity index (χ0) is 18.4. The third-order valence-corrected chi connectivity index (χ3v) is 6.29. The van der Waals surface area contributed by atoms with Gasteiger partial charge in [-0.05, 0) is 18.2 Å². The second-order valence-corrected chi connectivity index (χ2v) is 8.23. The van der Waals surface area contributed by atoms with Crippen molar-refractivity contribution < 1.29 is 17.6 Å². The minimum atomic E-state index is -3.47. The maximum Gasteiger partial charge on any atom is 0.419 e. The number of hydrogen-bond acceptors (Lipinski definition) is 5. The number of oxazole rings is 1. The number of aryl methyl sites for hydroxylation is 1. The first-order valence-electron chi connectivity index (χ1n) is 7.78. The molecule has 0 spiro atoms. The molecule has 0 N–H and O–H groups in total. The standard InChI is InChI=1S/C15H20N4O5S/c1-16(2)25(22,23)19-8-6-18(7-9-19)14(20)11-4-5-12-13(10-11)24-15(21)17(12)3/h4-5,10H,6-9H2,1-3H3. The zero-order valence-corrected chi connectivity index (χ0v) is 15.1. The van der Waals surface area contributed by atoms with Crippen LogP contribution in [0.15, 0.2) is 27.4 Å². The molecule has 1 amide bonds. The van der Waals surface area contributed by atoms with Crippen molar-refractivity contribution >= 4 is 27.2 Å². The highest BCUT2D eigenvalue weighted by atomic mass is 32.2. The van der Waals surface area contributed by atoms with Crippen LogP contribution in [0.4, 0.5) is 0 Å². The predicted octanol–water partition coefficient (Wildman–Crippen LogP) is -0.304. The lowest BCUT2D eigenvalue weighted by molar-refractivity contribution is 0.0695. The van der Waals surface area contributed by atoms with E-state index in [0.29, 0.717) is 29.8 Å². The summed E-state index contributed by atoms with van der Waals surface area (Å²) in [4.78, 5) is 25.8. The summed E-state index contributed by atoms with van der Waals surface area (Å²) in [6.45, 7) is 1.11. The van der Waals surface area contributed by atoms with Crippen LogP contribution < -0.4 is 5.76 Å². The van der Waals surface area contributed by atoms with Crippen LogP contribution in [0.3, 0.4) is 0 Å². The van der Waals surface area contributed by atoms with E-state index in [1.165, 1.54) is 23.0 Å². The van der Waals surface area contributed by atoms with E-state index in [2.05, 4.69) is 0 Å². The number of rotatable bonds is 3. The summed E-state index contributed by atoms with van der Waals surface area (Å²) in [6, 6.07) is 4.85. The third kappa shape index (κ3) is 3.08. The fourth-order valence-corrected chi connectivity index (χ4v) is 3.89. The monoisotopic (exact) mass is 368 g/mol. The Bertz CT molecular complexity index is 967. The lowest BCUT2D eigenvalue weighted by Gasteiger charge is -2.35. The Kier molecular flexibility index (Phi) is 4.43. The summed E-state index contributed by atoms with van der Waals surface area (Å²) in [5, 5.41) is 0. The van der Waals surface area contributed by atoms with Crippen LogP contribution in [-0.2, 0) is 17.3 Å². The van der Waals surface area contributed by atoms with E-state index < -0.39 is 16.0 Å². The normalized spacial score (nSPS) is 16.7. The van der Waals surface area contributed by atoms with Crippen LogP contribution in [0.2, 0.25) is 0 Å². The highest BCUT2D eigenvalue weighted by Gasteiger charge is 2.30. The van der Waals surface area contributed by atoms with E-state index in [-0.39, 0.29) is 19.0 Å². The van der Waals surface area contributed by atoms with Crippen molar-refractivity contribution in [3.8, 4) is 0 Å². The molecule has 0 bridgehead atoms. The van der Waals surface area contributed by atoms with Gasteiger partial charge in [-0.2, -0.15) is 17.0 Å². The molecule has 2 aromatic rings. The fourth-order valence-electron chi connectivity index (χ4n) is 2.80. The molecule has 1 aliphatic rings. The fraction of sp³-hybridized carbons (Fsp3) is 0.467. The molecule has 136 valence electrons. The van der Waals surface area contributed by atoms with Crippen LogP contribution in [0, 0.1) is 0 Å². The Hall–Kier alpha value is -2.17. The maximum atomic E-state index is 12.6. The summed E-state index contributed by atoms with van der Waals surface area (Å²) >= 11 is 0. The molecule has 0 atom stereocenters. The largest absolute Gasteiger partial charge is 0.419 e. The summed E-state index contributed by atoms with van der Waals surface area (Å²) in [6.07, 6.45) is 0. The van der Waals surface area contributed by atoms with Crippen LogP contribution in [0.1, 0.15) is 10.4 Å². The van der Waals surface area contributed by atoms with Gasteiger partial charge in [0.1, 0.15) is 0 Å². The van der Waals surface area contributed by atoms with Gasteiger partial charge in [-0.1, -0.05) is 0 Å². The van der Waals surface area contributed by atoms with E-state index in [1.54, 1.807) is 30.1 Å². The van der Waals surface area contributed by atoms with E-state index in [4.69, 9.17) is 4.42 Å². The van der Waals surface area contributed by atoms with Crippen LogP contribution in [-0.4, -0.2) is 72.7 Å². The van der Waals surface area contributed by atoms with E-state index in [9.17, 15) is 18.0 Å². The lowest BCUT2D eigenvalue weighted by Crippen LogP contribution is -2.53. The molecular formula is C15H20N4O5S. The first-order chi connectivity index (χ1) is 11.7. The first-order valence-corrected chi connectivity index (χ1v) is 9.18. The van der Waals surface area contributed by atoms with E-state index >= 15 is 0 Å². The van der Waals surface area contributed by atoms with Crippen molar-refractivity contribution in [3.63, 3.8) is 0 Å². The number of aromatic nitrogens is 1. The van der Waals surface area contributed by atoms with Crippen molar-refractivity contribution in [1.82, 2.24) is 18.1 Å².